The largest absolute Gasteiger partial charge is 0.368 e. The number of nitro groups is 1. The van der Waals surface area contributed by atoms with Gasteiger partial charge in [0.2, 0.25) is 11.8 Å². The number of nitrogens with zero attached hydrogens (tertiary/aromatic N) is 6. The second kappa shape index (κ2) is 6.64. The maximum absolute atomic E-state index is 11.1. The molecule has 0 radical (unpaired) electrons. The van der Waals surface area contributed by atoms with E-state index in [0.717, 1.165) is 26.2 Å². The lowest BCUT2D eigenvalue weighted by molar-refractivity contribution is -0.384. The van der Waals surface area contributed by atoms with E-state index >= 15 is 0 Å². The topological polar surface area (TPSA) is 105 Å². The predicted molar refractivity (Wildman–Crippen MR) is 80.3 cm³/mol. The lowest BCUT2D eigenvalue weighted by Crippen LogP contribution is -2.48. The maximum atomic E-state index is 11.1. The number of nitrogens with two attached hydrogens (primary N) is 1. The van der Waals surface area contributed by atoms with Crippen LogP contribution in [0, 0.1) is 10.1 Å². The second-order valence-electron chi connectivity index (χ2n) is 5.33. The van der Waals surface area contributed by atoms with Crippen molar-refractivity contribution >= 4 is 17.5 Å². The number of hydrogen-bond acceptors (Lipinski definition) is 8. The molecule has 9 nitrogen and oxygen atoms in total. The molecule has 2 N–H and O–H groups in total. The lowest BCUT2D eigenvalue weighted by Gasteiger charge is -2.35. The molecule has 0 spiro atoms. The van der Waals surface area contributed by atoms with Gasteiger partial charge in [0.05, 0.1) is 4.92 Å². The van der Waals surface area contributed by atoms with Crippen LogP contribution in [0.15, 0.2) is 6.20 Å². The summed E-state index contributed by atoms with van der Waals surface area (Å²) in [4.78, 5) is 24.7. The first-order chi connectivity index (χ1) is 9.97. The fraction of sp³-hybridized carbons (Fsp3) is 0.667. The Labute approximate surface area is 123 Å². The minimum Gasteiger partial charge on any atom is -0.368 e. The number of piperazine rings is 1. The Hall–Kier alpha value is -2.00. The molecule has 2 heterocycles. The molecule has 1 aromatic heterocycles. The quantitative estimate of drug-likeness (QED) is 0.580. The molecule has 1 fully saturated rings. The summed E-state index contributed by atoms with van der Waals surface area (Å²) >= 11 is 0. The van der Waals surface area contributed by atoms with Gasteiger partial charge in [0.15, 0.2) is 0 Å². The molecule has 0 saturated carbocycles. The number of likely N-dealkylation sites (N-methyl/N-ethyl adjacent to an activating group) is 1. The number of rotatable bonds is 5. The summed E-state index contributed by atoms with van der Waals surface area (Å²) < 4.78 is 0. The van der Waals surface area contributed by atoms with Crippen molar-refractivity contribution in [1.82, 2.24) is 19.8 Å². The third kappa shape index (κ3) is 3.99. The van der Waals surface area contributed by atoms with Gasteiger partial charge in [-0.25, -0.2) is 4.98 Å². The summed E-state index contributed by atoms with van der Waals surface area (Å²) in [5.74, 6) is 0.380. The van der Waals surface area contributed by atoms with E-state index in [1.54, 1.807) is 0 Å². The number of hydrogen-bond donors (Lipinski definition) is 1. The summed E-state index contributed by atoms with van der Waals surface area (Å²) in [6.45, 7) is 5.11. The molecular formula is C12H21N7O2. The Morgan fingerprint density at radius 1 is 1.38 bits per heavy atom. The zero-order chi connectivity index (χ0) is 15.4. The van der Waals surface area contributed by atoms with Crippen LogP contribution in [0.4, 0.5) is 17.5 Å². The van der Waals surface area contributed by atoms with Crippen molar-refractivity contribution in [2.45, 2.75) is 0 Å². The molecule has 1 aliphatic heterocycles. The Balaban J connectivity index is 2.02. The molecule has 1 aromatic rings. The third-order valence-electron chi connectivity index (χ3n) is 3.50. The highest BCUT2D eigenvalue weighted by atomic mass is 16.6. The van der Waals surface area contributed by atoms with Crippen LogP contribution in [-0.4, -0.2) is 78.1 Å². The molecule has 0 aromatic carbocycles. The average Bonchev–Trinajstić information content (AvgIpc) is 2.45. The molecule has 0 atom stereocenters. The van der Waals surface area contributed by atoms with E-state index in [2.05, 4.69) is 19.8 Å². The molecule has 1 aliphatic rings. The van der Waals surface area contributed by atoms with Gasteiger partial charge in [-0.3, -0.25) is 15.0 Å². The highest BCUT2D eigenvalue weighted by Gasteiger charge is 2.25. The van der Waals surface area contributed by atoms with Crippen molar-refractivity contribution in [3.63, 3.8) is 0 Å². The second-order valence-corrected chi connectivity index (χ2v) is 5.33. The Bertz CT molecular complexity index is 500. The molecule has 9 heteroatoms. The summed E-state index contributed by atoms with van der Waals surface area (Å²) in [5, 5.41) is 11.1. The minimum atomic E-state index is -0.465. The van der Waals surface area contributed by atoms with Gasteiger partial charge in [-0.15, -0.1) is 0 Å². The van der Waals surface area contributed by atoms with E-state index in [1.165, 1.54) is 6.20 Å². The van der Waals surface area contributed by atoms with Crippen LogP contribution in [0.25, 0.3) is 0 Å². The summed E-state index contributed by atoms with van der Waals surface area (Å²) in [5.41, 5.74) is 5.46. The standard InChI is InChI=1S/C12H21N7O2/c1-16(2)3-4-17-5-7-18(8-6-17)11-10(19(20)21)9-14-12(13)15-11/h9H,3-8H2,1-2H3,(H2,13,14,15). The zero-order valence-electron chi connectivity index (χ0n) is 12.4. The smallest absolute Gasteiger partial charge is 0.329 e. The predicted octanol–water partition coefficient (Wildman–Crippen LogP) is -0.349. The first-order valence-electron chi connectivity index (χ1n) is 6.86. The summed E-state index contributed by atoms with van der Waals surface area (Å²) in [6, 6.07) is 0. The maximum Gasteiger partial charge on any atom is 0.329 e. The molecule has 2 rings (SSSR count). The van der Waals surface area contributed by atoms with Crippen LogP contribution in [-0.2, 0) is 0 Å². The van der Waals surface area contributed by atoms with Crippen LogP contribution in [0.3, 0.4) is 0 Å². The van der Waals surface area contributed by atoms with Crippen LogP contribution in [0.1, 0.15) is 0 Å². The molecular weight excluding hydrogens is 274 g/mol. The van der Waals surface area contributed by atoms with Crippen LogP contribution < -0.4 is 10.6 Å². The van der Waals surface area contributed by atoms with E-state index in [1.807, 2.05) is 19.0 Å². The fourth-order valence-electron chi connectivity index (χ4n) is 2.27. The minimum absolute atomic E-state index is 0.0608. The third-order valence-corrected chi connectivity index (χ3v) is 3.50. The molecule has 0 aliphatic carbocycles. The monoisotopic (exact) mass is 295 g/mol. The number of anilines is 2. The van der Waals surface area contributed by atoms with Crippen molar-refractivity contribution in [3.05, 3.63) is 16.3 Å². The lowest BCUT2D eigenvalue weighted by atomic mass is 10.3. The van der Waals surface area contributed by atoms with Gasteiger partial charge in [-0.1, -0.05) is 0 Å². The average molecular weight is 295 g/mol. The Morgan fingerprint density at radius 3 is 2.62 bits per heavy atom. The van der Waals surface area contributed by atoms with Gasteiger partial charge in [-0.05, 0) is 14.1 Å². The van der Waals surface area contributed by atoms with Crippen LogP contribution >= 0.6 is 0 Å². The normalized spacial score (nSPS) is 16.4. The van der Waals surface area contributed by atoms with Gasteiger partial charge < -0.3 is 15.5 Å². The van der Waals surface area contributed by atoms with Crippen molar-refractivity contribution in [2.75, 3.05) is 64.0 Å². The van der Waals surface area contributed by atoms with E-state index in [0.29, 0.717) is 18.9 Å². The summed E-state index contributed by atoms with van der Waals surface area (Å²) in [6.07, 6.45) is 1.18. The van der Waals surface area contributed by atoms with E-state index in [-0.39, 0.29) is 11.6 Å². The van der Waals surface area contributed by atoms with Crippen molar-refractivity contribution in [1.29, 1.82) is 0 Å². The molecule has 0 amide bonds. The van der Waals surface area contributed by atoms with Gasteiger partial charge in [0.1, 0.15) is 6.20 Å². The van der Waals surface area contributed by atoms with Crippen molar-refractivity contribution in [2.24, 2.45) is 0 Å². The van der Waals surface area contributed by atoms with Gasteiger partial charge >= 0.3 is 5.69 Å². The number of aromatic nitrogens is 2. The molecule has 21 heavy (non-hydrogen) atoms. The van der Waals surface area contributed by atoms with E-state index in [4.69, 9.17) is 5.73 Å². The van der Waals surface area contributed by atoms with Crippen LogP contribution in [0.2, 0.25) is 0 Å². The van der Waals surface area contributed by atoms with Gasteiger partial charge in [-0.2, -0.15) is 4.98 Å². The zero-order valence-corrected chi connectivity index (χ0v) is 12.4. The highest BCUT2D eigenvalue weighted by Crippen LogP contribution is 2.26. The molecule has 0 unspecified atom stereocenters. The Kier molecular flexibility index (Phi) is 4.86. The first kappa shape index (κ1) is 15.4. The molecule has 1 saturated heterocycles. The van der Waals surface area contributed by atoms with Crippen molar-refractivity contribution in [3.8, 4) is 0 Å². The first-order valence-corrected chi connectivity index (χ1v) is 6.86. The van der Waals surface area contributed by atoms with Crippen molar-refractivity contribution < 1.29 is 4.92 Å². The van der Waals surface area contributed by atoms with E-state index < -0.39 is 4.92 Å². The number of nitrogen functional groups attached to an aromatic ring is 1. The highest BCUT2D eigenvalue weighted by molar-refractivity contribution is 5.58. The van der Waals surface area contributed by atoms with Gasteiger partial charge in [0, 0.05) is 39.3 Å². The SMILES string of the molecule is CN(C)CCN1CCN(c2nc(N)ncc2[N+](=O)[O-])CC1. The van der Waals surface area contributed by atoms with E-state index in [9.17, 15) is 10.1 Å². The fourth-order valence-corrected chi connectivity index (χ4v) is 2.27. The molecule has 116 valence electrons. The van der Waals surface area contributed by atoms with Crippen LogP contribution in [0.5, 0.6) is 0 Å². The summed E-state index contributed by atoms with van der Waals surface area (Å²) in [7, 11) is 4.09. The molecule has 0 bridgehead atoms. The van der Waals surface area contributed by atoms with Gasteiger partial charge in [0.25, 0.3) is 0 Å². The Morgan fingerprint density at radius 2 is 2.05 bits per heavy atom.